The number of aryl methyl sites for hydroxylation is 1. The van der Waals surface area contributed by atoms with Crippen LogP contribution in [0.2, 0.25) is 0 Å². The maximum absolute atomic E-state index is 10.1. The zero-order chi connectivity index (χ0) is 14.8. The summed E-state index contributed by atoms with van der Waals surface area (Å²) >= 11 is 1.61. The number of hydrogen-bond donors (Lipinski definition) is 2. The van der Waals surface area contributed by atoms with E-state index in [-0.39, 0.29) is 11.5 Å². The molecule has 0 amide bonds. The molecule has 106 valence electrons. The van der Waals surface area contributed by atoms with Gasteiger partial charge in [0.15, 0.2) is 23.0 Å². The Balaban J connectivity index is 1.89. The zero-order valence-electron chi connectivity index (χ0n) is 11.4. The normalized spacial score (nSPS) is 10.5. The van der Waals surface area contributed by atoms with Gasteiger partial charge in [0.1, 0.15) is 0 Å². The Kier molecular flexibility index (Phi) is 3.54. The number of phenolic OH excluding ortho intramolecular Hbond substituents is 2. The summed E-state index contributed by atoms with van der Waals surface area (Å²) in [5, 5.41) is 21.9. The molecular formula is C17H14O3S. The van der Waals surface area contributed by atoms with E-state index in [9.17, 15) is 10.2 Å². The van der Waals surface area contributed by atoms with E-state index in [0.717, 1.165) is 16.0 Å². The van der Waals surface area contributed by atoms with Crippen LogP contribution in [0.1, 0.15) is 5.56 Å². The smallest absolute Gasteiger partial charge is 0.169 e. The highest BCUT2D eigenvalue weighted by atomic mass is 32.1. The number of benzene rings is 2. The standard InChI is InChI=1S/C17H14O3S/c1-11-4-6-15(13(18)9-11)20-16-7-5-12(10-14(16)19)17-3-2-8-21-17/h2-10,18-19H,1H3. The van der Waals surface area contributed by atoms with Gasteiger partial charge in [0.2, 0.25) is 0 Å². The van der Waals surface area contributed by atoms with Crippen molar-refractivity contribution in [1.82, 2.24) is 0 Å². The predicted molar refractivity (Wildman–Crippen MR) is 84.3 cm³/mol. The van der Waals surface area contributed by atoms with Gasteiger partial charge in [-0.05, 0) is 59.8 Å². The molecule has 0 saturated carbocycles. The number of ether oxygens (including phenoxy) is 1. The third-order valence-electron chi connectivity index (χ3n) is 3.10. The van der Waals surface area contributed by atoms with Gasteiger partial charge in [-0.1, -0.05) is 12.1 Å². The van der Waals surface area contributed by atoms with Gasteiger partial charge in [-0.2, -0.15) is 0 Å². The van der Waals surface area contributed by atoms with Gasteiger partial charge in [-0.3, -0.25) is 0 Å². The third kappa shape index (κ3) is 2.85. The summed E-state index contributed by atoms with van der Waals surface area (Å²) in [7, 11) is 0. The van der Waals surface area contributed by atoms with E-state index in [4.69, 9.17) is 4.74 Å². The first-order chi connectivity index (χ1) is 10.1. The highest BCUT2D eigenvalue weighted by Crippen LogP contribution is 2.38. The van der Waals surface area contributed by atoms with Crippen LogP contribution in [-0.4, -0.2) is 10.2 Å². The fourth-order valence-corrected chi connectivity index (χ4v) is 2.76. The first kappa shape index (κ1) is 13.5. The minimum absolute atomic E-state index is 0.0425. The van der Waals surface area contributed by atoms with Crippen LogP contribution >= 0.6 is 11.3 Å². The summed E-state index contributed by atoms with van der Waals surface area (Å²) in [6, 6.07) is 14.3. The maximum Gasteiger partial charge on any atom is 0.169 e. The lowest BCUT2D eigenvalue weighted by Gasteiger charge is -2.10. The van der Waals surface area contributed by atoms with E-state index in [2.05, 4.69) is 0 Å². The Bertz CT molecular complexity index is 764. The van der Waals surface area contributed by atoms with Crippen LogP contribution < -0.4 is 4.74 Å². The van der Waals surface area contributed by atoms with Gasteiger partial charge in [-0.25, -0.2) is 0 Å². The zero-order valence-corrected chi connectivity index (χ0v) is 12.2. The van der Waals surface area contributed by atoms with Crippen LogP contribution in [0.5, 0.6) is 23.0 Å². The second kappa shape index (κ2) is 5.50. The van der Waals surface area contributed by atoms with Crippen molar-refractivity contribution >= 4 is 11.3 Å². The third-order valence-corrected chi connectivity index (χ3v) is 4.02. The molecule has 21 heavy (non-hydrogen) atoms. The summed E-state index contributed by atoms with van der Waals surface area (Å²) in [4.78, 5) is 1.08. The fourth-order valence-electron chi connectivity index (χ4n) is 2.03. The van der Waals surface area contributed by atoms with Gasteiger partial charge < -0.3 is 14.9 Å². The van der Waals surface area contributed by atoms with Crippen molar-refractivity contribution < 1.29 is 14.9 Å². The van der Waals surface area contributed by atoms with Gasteiger partial charge in [0.05, 0.1) is 0 Å². The van der Waals surface area contributed by atoms with Gasteiger partial charge in [0, 0.05) is 4.88 Å². The minimum atomic E-state index is 0.0425. The summed E-state index contributed by atoms with van der Waals surface area (Å²) in [5.41, 5.74) is 1.88. The molecule has 1 aromatic heterocycles. The van der Waals surface area contributed by atoms with Gasteiger partial charge >= 0.3 is 0 Å². The molecule has 3 rings (SSSR count). The molecule has 0 unspecified atom stereocenters. The van der Waals surface area contributed by atoms with Crippen molar-refractivity contribution in [2.24, 2.45) is 0 Å². The molecule has 2 N–H and O–H groups in total. The quantitative estimate of drug-likeness (QED) is 0.721. The van der Waals surface area contributed by atoms with Crippen molar-refractivity contribution in [3.63, 3.8) is 0 Å². The molecule has 3 aromatic rings. The van der Waals surface area contributed by atoms with Crippen molar-refractivity contribution in [2.75, 3.05) is 0 Å². The molecule has 0 atom stereocenters. The molecule has 0 aliphatic carbocycles. The molecule has 0 aliphatic rings. The Morgan fingerprint density at radius 3 is 2.24 bits per heavy atom. The summed E-state index contributed by atoms with van der Waals surface area (Å²) in [6.45, 7) is 1.89. The first-order valence-corrected chi connectivity index (χ1v) is 7.36. The van der Waals surface area contributed by atoms with Crippen molar-refractivity contribution in [3.05, 3.63) is 59.5 Å². The van der Waals surface area contributed by atoms with Crippen LogP contribution in [0.25, 0.3) is 10.4 Å². The van der Waals surface area contributed by atoms with Crippen molar-refractivity contribution in [1.29, 1.82) is 0 Å². The maximum atomic E-state index is 10.1. The SMILES string of the molecule is Cc1ccc(Oc2ccc(-c3cccs3)cc2O)c(O)c1. The highest BCUT2D eigenvalue weighted by molar-refractivity contribution is 7.13. The second-order valence-electron chi connectivity index (χ2n) is 4.73. The van der Waals surface area contributed by atoms with E-state index < -0.39 is 0 Å². The summed E-state index contributed by atoms with van der Waals surface area (Å²) in [6.07, 6.45) is 0. The van der Waals surface area contributed by atoms with Gasteiger partial charge in [0.25, 0.3) is 0 Å². The molecule has 0 spiro atoms. The topological polar surface area (TPSA) is 49.7 Å². The molecule has 2 aromatic carbocycles. The van der Waals surface area contributed by atoms with E-state index in [1.54, 1.807) is 35.6 Å². The Hall–Kier alpha value is -2.46. The summed E-state index contributed by atoms with van der Waals surface area (Å²) < 4.78 is 5.57. The van der Waals surface area contributed by atoms with Crippen LogP contribution in [0.4, 0.5) is 0 Å². The second-order valence-corrected chi connectivity index (χ2v) is 5.68. The predicted octanol–water partition coefficient (Wildman–Crippen LogP) is 4.93. The molecule has 0 bridgehead atoms. The number of rotatable bonds is 3. The van der Waals surface area contributed by atoms with Crippen LogP contribution in [0, 0.1) is 6.92 Å². The van der Waals surface area contributed by atoms with E-state index >= 15 is 0 Å². The minimum Gasteiger partial charge on any atom is -0.504 e. The molecule has 1 heterocycles. The van der Waals surface area contributed by atoms with E-state index in [1.165, 1.54) is 0 Å². The van der Waals surface area contributed by atoms with Crippen LogP contribution in [0.3, 0.4) is 0 Å². The Morgan fingerprint density at radius 1 is 0.905 bits per heavy atom. The largest absolute Gasteiger partial charge is 0.504 e. The number of aromatic hydroxyl groups is 2. The van der Waals surface area contributed by atoms with Crippen LogP contribution in [0.15, 0.2) is 53.9 Å². The summed E-state index contributed by atoms with van der Waals surface area (Å²) in [5.74, 6) is 0.729. The monoisotopic (exact) mass is 298 g/mol. The first-order valence-electron chi connectivity index (χ1n) is 6.48. The number of hydrogen-bond acceptors (Lipinski definition) is 4. The average Bonchev–Trinajstić information content (AvgIpc) is 2.98. The Morgan fingerprint density at radius 2 is 1.62 bits per heavy atom. The lowest BCUT2D eigenvalue weighted by Crippen LogP contribution is -1.87. The van der Waals surface area contributed by atoms with Crippen LogP contribution in [-0.2, 0) is 0 Å². The molecular weight excluding hydrogens is 284 g/mol. The molecule has 0 aliphatic heterocycles. The van der Waals surface area contributed by atoms with Crippen molar-refractivity contribution in [3.8, 4) is 33.4 Å². The molecule has 3 nitrogen and oxygen atoms in total. The molecule has 0 radical (unpaired) electrons. The number of phenols is 2. The Labute approximate surface area is 126 Å². The highest BCUT2D eigenvalue weighted by Gasteiger charge is 2.09. The van der Waals surface area contributed by atoms with E-state index in [1.807, 2.05) is 36.6 Å². The number of thiophene rings is 1. The lowest BCUT2D eigenvalue weighted by atomic mass is 10.1. The molecule has 4 heteroatoms. The van der Waals surface area contributed by atoms with E-state index in [0.29, 0.717) is 11.5 Å². The molecule has 0 fully saturated rings. The molecule has 0 saturated heterocycles. The fraction of sp³-hybridized carbons (Fsp3) is 0.0588. The average molecular weight is 298 g/mol. The van der Waals surface area contributed by atoms with Crippen molar-refractivity contribution in [2.45, 2.75) is 6.92 Å². The lowest BCUT2D eigenvalue weighted by molar-refractivity contribution is 0.385. The van der Waals surface area contributed by atoms with Gasteiger partial charge in [-0.15, -0.1) is 11.3 Å².